The molecule has 1 saturated carbocycles. The molecule has 8 nitrogen and oxygen atoms in total. The van der Waals surface area contributed by atoms with Gasteiger partial charge in [0, 0.05) is 34.3 Å². The van der Waals surface area contributed by atoms with Crippen molar-refractivity contribution in [1.82, 2.24) is 25.1 Å². The molecule has 3 aromatic rings. The van der Waals surface area contributed by atoms with E-state index in [1.807, 2.05) is 24.3 Å². The maximum absolute atomic E-state index is 5.47. The second-order valence-corrected chi connectivity index (χ2v) is 8.66. The Morgan fingerprint density at radius 1 is 1.10 bits per heavy atom. The van der Waals surface area contributed by atoms with Crippen molar-refractivity contribution in [3.63, 3.8) is 0 Å². The van der Waals surface area contributed by atoms with E-state index in [4.69, 9.17) is 4.74 Å². The summed E-state index contributed by atoms with van der Waals surface area (Å²) in [4.78, 5) is 16.0. The lowest BCUT2D eigenvalue weighted by molar-refractivity contribution is 0.122. The molecule has 1 aliphatic heterocycles. The molecule has 2 N–H and O–H groups in total. The lowest BCUT2D eigenvalue weighted by Gasteiger charge is -2.26. The van der Waals surface area contributed by atoms with Crippen LogP contribution in [0.25, 0.3) is 12.2 Å². The number of halogens is 1. The van der Waals surface area contributed by atoms with Gasteiger partial charge in [-0.3, -0.25) is 5.10 Å². The number of nitrogens with zero attached hydrogens (tertiary/aromatic N) is 5. The zero-order valence-electron chi connectivity index (χ0n) is 16.4. The van der Waals surface area contributed by atoms with Crippen LogP contribution in [0.4, 0.5) is 17.7 Å². The molecule has 154 valence electrons. The highest BCUT2D eigenvalue weighted by Crippen LogP contribution is 2.39. The van der Waals surface area contributed by atoms with Crippen LogP contribution in [0.3, 0.4) is 0 Å². The van der Waals surface area contributed by atoms with Crippen LogP contribution >= 0.6 is 22.6 Å². The summed E-state index contributed by atoms with van der Waals surface area (Å²) in [7, 11) is 0. The third-order valence-electron chi connectivity index (χ3n) is 5.06. The third kappa shape index (κ3) is 4.78. The first-order valence-corrected chi connectivity index (χ1v) is 11.2. The van der Waals surface area contributed by atoms with Crippen molar-refractivity contribution in [3.05, 3.63) is 51.0 Å². The lowest BCUT2D eigenvalue weighted by atomic mass is 10.2. The quantitative estimate of drug-likeness (QED) is 0.483. The zero-order valence-corrected chi connectivity index (χ0v) is 18.5. The van der Waals surface area contributed by atoms with Gasteiger partial charge in [-0.1, -0.05) is 18.2 Å². The molecule has 9 heteroatoms. The highest BCUT2D eigenvalue weighted by Gasteiger charge is 2.25. The maximum Gasteiger partial charge on any atom is 0.233 e. The normalized spacial score (nSPS) is 16.9. The number of anilines is 3. The van der Waals surface area contributed by atoms with Crippen molar-refractivity contribution in [2.45, 2.75) is 18.8 Å². The highest BCUT2D eigenvalue weighted by atomic mass is 127. The summed E-state index contributed by atoms with van der Waals surface area (Å²) in [6, 6.07) is 10.3. The summed E-state index contributed by atoms with van der Waals surface area (Å²) in [5.74, 6) is 3.08. The number of hydrogen-bond donors (Lipinski definition) is 2. The fourth-order valence-corrected chi connectivity index (χ4v) is 3.88. The molecular weight excluding hydrogens is 493 g/mol. The number of aromatic nitrogens is 5. The second kappa shape index (κ2) is 8.68. The monoisotopic (exact) mass is 515 g/mol. The zero-order chi connectivity index (χ0) is 20.3. The number of ether oxygens (including phenoxy) is 1. The van der Waals surface area contributed by atoms with E-state index < -0.39 is 0 Å². The molecule has 2 aliphatic rings. The van der Waals surface area contributed by atoms with Crippen LogP contribution in [0.2, 0.25) is 0 Å². The minimum atomic E-state index is 0.489. The van der Waals surface area contributed by atoms with Gasteiger partial charge in [0.1, 0.15) is 0 Å². The fraction of sp³-hybridized carbons (Fsp3) is 0.333. The first-order valence-electron chi connectivity index (χ1n) is 10.1. The minimum absolute atomic E-state index is 0.489. The van der Waals surface area contributed by atoms with Gasteiger partial charge >= 0.3 is 0 Å². The number of aromatic amines is 1. The Kier molecular flexibility index (Phi) is 5.63. The molecule has 5 rings (SSSR count). The summed E-state index contributed by atoms with van der Waals surface area (Å²) >= 11 is 2.31. The highest BCUT2D eigenvalue weighted by molar-refractivity contribution is 14.1. The third-order valence-corrected chi connectivity index (χ3v) is 5.73. The standard InChI is InChI=1S/C21H22IN7O/c22-16-3-1-2-14(12-16)4-7-18-23-20(24-19-13-17(27-28-19)15-5-6-15)26-21(25-18)29-8-10-30-11-9-29/h1-4,7,12-13,15H,5-6,8-11H2,(H2,23,24,25,26,27,28)/b7-4+. The second-order valence-electron chi connectivity index (χ2n) is 7.41. The molecule has 1 aliphatic carbocycles. The average Bonchev–Trinajstić information content (AvgIpc) is 3.52. The van der Waals surface area contributed by atoms with Crippen molar-refractivity contribution in [2.75, 3.05) is 36.5 Å². The van der Waals surface area contributed by atoms with Gasteiger partial charge in [-0.05, 0) is 59.2 Å². The number of H-pyrrole nitrogens is 1. The summed E-state index contributed by atoms with van der Waals surface area (Å²) in [5, 5.41) is 10.7. The van der Waals surface area contributed by atoms with Crippen molar-refractivity contribution >= 4 is 52.5 Å². The van der Waals surface area contributed by atoms with E-state index in [1.165, 1.54) is 22.1 Å². The molecular formula is C21H22IN7O. The summed E-state index contributed by atoms with van der Waals surface area (Å²) in [6.45, 7) is 2.87. The average molecular weight is 515 g/mol. The Morgan fingerprint density at radius 3 is 2.77 bits per heavy atom. The van der Waals surface area contributed by atoms with Gasteiger partial charge in [0.05, 0.1) is 13.2 Å². The van der Waals surface area contributed by atoms with Crippen molar-refractivity contribution in [2.24, 2.45) is 0 Å². The molecule has 0 spiro atoms. The van der Waals surface area contributed by atoms with E-state index in [-0.39, 0.29) is 0 Å². The van der Waals surface area contributed by atoms with E-state index in [0.717, 1.165) is 24.5 Å². The predicted octanol–water partition coefficient (Wildman–Crippen LogP) is 3.83. The molecule has 0 atom stereocenters. The fourth-order valence-electron chi connectivity index (χ4n) is 3.32. The van der Waals surface area contributed by atoms with Gasteiger partial charge in [-0.15, -0.1) is 0 Å². The summed E-state index contributed by atoms with van der Waals surface area (Å²) in [5.41, 5.74) is 2.27. The molecule has 0 radical (unpaired) electrons. The molecule has 30 heavy (non-hydrogen) atoms. The SMILES string of the molecule is Ic1cccc(/C=C/c2nc(Nc3cc(C4CC4)[nH]n3)nc(N3CCOCC3)n2)c1. The Morgan fingerprint density at radius 2 is 1.97 bits per heavy atom. The molecule has 1 saturated heterocycles. The number of nitrogens with one attached hydrogen (secondary N) is 2. The van der Waals surface area contributed by atoms with E-state index in [9.17, 15) is 0 Å². The van der Waals surface area contributed by atoms with Crippen LogP contribution in [0.15, 0.2) is 30.3 Å². The van der Waals surface area contributed by atoms with Crippen LogP contribution in [0.1, 0.15) is 35.8 Å². The molecule has 0 unspecified atom stereocenters. The molecule has 2 fully saturated rings. The first kappa shape index (κ1) is 19.4. The largest absolute Gasteiger partial charge is 0.378 e. The predicted molar refractivity (Wildman–Crippen MR) is 125 cm³/mol. The van der Waals surface area contributed by atoms with Crippen LogP contribution in [-0.4, -0.2) is 51.5 Å². The molecule has 0 bridgehead atoms. The van der Waals surface area contributed by atoms with Crippen LogP contribution in [0.5, 0.6) is 0 Å². The van der Waals surface area contributed by atoms with Gasteiger partial charge in [0.25, 0.3) is 0 Å². The Balaban J connectivity index is 1.42. The van der Waals surface area contributed by atoms with E-state index in [2.05, 4.69) is 76.2 Å². The Hall–Kier alpha value is -2.53. The van der Waals surface area contributed by atoms with Gasteiger partial charge in [0.2, 0.25) is 11.9 Å². The van der Waals surface area contributed by atoms with E-state index in [1.54, 1.807) is 0 Å². The number of benzene rings is 1. The summed E-state index contributed by atoms with van der Waals surface area (Å²) in [6.07, 6.45) is 6.39. The smallest absolute Gasteiger partial charge is 0.233 e. The van der Waals surface area contributed by atoms with E-state index in [0.29, 0.717) is 36.9 Å². The van der Waals surface area contributed by atoms with Crippen molar-refractivity contribution < 1.29 is 4.74 Å². The Bertz CT molecular complexity index is 1060. The molecule has 2 aromatic heterocycles. The topological polar surface area (TPSA) is 91.9 Å². The molecule has 0 amide bonds. The molecule has 3 heterocycles. The number of hydrogen-bond acceptors (Lipinski definition) is 7. The van der Waals surface area contributed by atoms with Gasteiger partial charge < -0.3 is 15.0 Å². The van der Waals surface area contributed by atoms with E-state index >= 15 is 0 Å². The maximum atomic E-state index is 5.47. The lowest BCUT2D eigenvalue weighted by Crippen LogP contribution is -2.37. The van der Waals surface area contributed by atoms with Crippen LogP contribution < -0.4 is 10.2 Å². The Labute approximate surface area is 188 Å². The van der Waals surface area contributed by atoms with Gasteiger partial charge in [0.15, 0.2) is 11.6 Å². The first-order chi connectivity index (χ1) is 14.7. The summed E-state index contributed by atoms with van der Waals surface area (Å²) < 4.78 is 6.65. The van der Waals surface area contributed by atoms with Gasteiger partial charge in [-0.2, -0.15) is 20.1 Å². The molecule has 1 aromatic carbocycles. The van der Waals surface area contributed by atoms with Crippen LogP contribution in [0, 0.1) is 3.57 Å². The van der Waals surface area contributed by atoms with Crippen molar-refractivity contribution in [3.8, 4) is 0 Å². The number of morpholine rings is 1. The van der Waals surface area contributed by atoms with Crippen molar-refractivity contribution in [1.29, 1.82) is 0 Å². The number of rotatable bonds is 6. The minimum Gasteiger partial charge on any atom is -0.378 e. The van der Waals surface area contributed by atoms with Gasteiger partial charge in [-0.25, -0.2) is 0 Å². The van der Waals surface area contributed by atoms with Crippen LogP contribution in [-0.2, 0) is 4.74 Å².